The Morgan fingerprint density at radius 1 is 1.27 bits per heavy atom. The number of carboxylic acid groups (broad SMARTS) is 1. The van der Waals surface area contributed by atoms with E-state index in [1.807, 2.05) is 25.1 Å². The molecule has 2 aromatic rings. The average molecular weight is 374 g/mol. The van der Waals surface area contributed by atoms with E-state index < -0.39 is 11.9 Å². The third-order valence-electron chi connectivity index (χ3n) is 5.23. The number of carbonyl (C=O) groups excluding carboxylic acids is 1. The van der Waals surface area contributed by atoms with Gasteiger partial charge in [0.1, 0.15) is 0 Å². The summed E-state index contributed by atoms with van der Waals surface area (Å²) in [6.45, 7) is 2.68. The predicted molar refractivity (Wildman–Crippen MR) is 96.9 cm³/mol. The number of hydrogen-bond donors (Lipinski definition) is 1. The third-order valence-corrected chi connectivity index (χ3v) is 5.63. The summed E-state index contributed by atoms with van der Waals surface area (Å²) in [5.74, 6) is -1.13. The molecule has 4 rings (SSSR count). The molecule has 2 aliphatic rings. The maximum atomic E-state index is 13.0. The second-order valence-corrected chi connectivity index (χ2v) is 7.55. The molecule has 0 bridgehead atoms. The van der Waals surface area contributed by atoms with E-state index in [9.17, 15) is 14.7 Å². The van der Waals surface area contributed by atoms with Crippen LogP contribution in [-0.2, 0) is 4.79 Å². The largest absolute Gasteiger partial charge is 0.481 e. The molecular weight excluding hydrogens is 354 g/mol. The molecule has 1 aliphatic carbocycles. The molecule has 1 saturated carbocycles. The van der Waals surface area contributed by atoms with E-state index in [1.54, 1.807) is 15.8 Å². The number of nitrogens with zero attached hydrogens (tertiary/aromatic N) is 3. The zero-order chi connectivity index (χ0) is 18.4. The van der Waals surface area contributed by atoms with Gasteiger partial charge in [-0.25, -0.2) is 4.68 Å². The minimum atomic E-state index is -0.840. The highest BCUT2D eigenvalue weighted by Crippen LogP contribution is 2.43. The van der Waals surface area contributed by atoms with Gasteiger partial charge in [0.2, 0.25) is 0 Å². The molecule has 0 spiro atoms. The molecule has 136 valence electrons. The Hall–Kier alpha value is -2.34. The van der Waals surface area contributed by atoms with Gasteiger partial charge in [-0.1, -0.05) is 17.7 Å². The highest BCUT2D eigenvalue weighted by molar-refractivity contribution is 6.31. The summed E-state index contributed by atoms with van der Waals surface area (Å²) < 4.78 is 1.81. The van der Waals surface area contributed by atoms with Crippen molar-refractivity contribution >= 4 is 23.5 Å². The van der Waals surface area contributed by atoms with E-state index in [0.29, 0.717) is 29.5 Å². The van der Waals surface area contributed by atoms with Crippen molar-refractivity contribution in [2.75, 3.05) is 13.1 Å². The molecule has 6 nitrogen and oxygen atoms in total. The Morgan fingerprint density at radius 3 is 2.65 bits per heavy atom. The lowest BCUT2D eigenvalue weighted by molar-refractivity contribution is -0.141. The van der Waals surface area contributed by atoms with Crippen molar-refractivity contribution in [3.63, 3.8) is 0 Å². The summed E-state index contributed by atoms with van der Waals surface area (Å²) in [7, 11) is 0. The van der Waals surface area contributed by atoms with E-state index in [2.05, 4.69) is 5.10 Å². The van der Waals surface area contributed by atoms with Crippen LogP contribution in [0.5, 0.6) is 0 Å². The Bertz CT molecular complexity index is 888. The van der Waals surface area contributed by atoms with Gasteiger partial charge in [-0.3, -0.25) is 9.59 Å². The van der Waals surface area contributed by atoms with Gasteiger partial charge in [0.15, 0.2) is 0 Å². The van der Waals surface area contributed by atoms with Gasteiger partial charge in [0.05, 0.1) is 29.1 Å². The monoisotopic (exact) mass is 373 g/mol. The van der Waals surface area contributed by atoms with Gasteiger partial charge in [0.25, 0.3) is 5.91 Å². The fraction of sp³-hybridized carbons (Fsp3) is 0.421. The van der Waals surface area contributed by atoms with E-state index in [1.165, 1.54) is 0 Å². The molecule has 1 amide bonds. The molecule has 1 unspecified atom stereocenters. The molecule has 1 N–H and O–H groups in total. The van der Waals surface area contributed by atoms with E-state index in [0.717, 1.165) is 29.8 Å². The van der Waals surface area contributed by atoms with Crippen LogP contribution in [0.1, 0.15) is 46.8 Å². The van der Waals surface area contributed by atoms with Crippen molar-refractivity contribution in [2.24, 2.45) is 5.92 Å². The number of rotatable bonds is 4. The number of halogens is 1. The number of amides is 1. The smallest absolute Gasteiger partial charge is 0.308 e. The number of hydrogen-bond acceptors (Lipinski definition) is 3. The normalized spacial score (nSPS) is 19.8. The number of aryl methyl sites for hydroxylation is 1. The van der Waals surface area contributed by atoms with Crippen LogP contribution in [0.15, 0.2) is 24.4 Å². The average Bonchev–Trinajstić information content (AvgIpc) is 3.16. The van der Waals surface area contributed by atoms with Crippen LogP contribution in [0.4, 0.5) is 0 Å². The molecule has 1 aromatic heterocycles. The van der Waals surface area contributed by atoms with Gasteiger partial charge in [-0.05, 0) is 43.9 Å². The molecule has 7 heteroatoms. The standard InChI is InChI=1S/C19H20ClN3O3/c1-11-2-5-14(8-16(11)20)23-17(12-3-4-12)15(9-21-23)18(24)22-7-6-13(10-22)19(25)26/h2,5,8-9,12-13H,3-4,6-7,10H2,1H3,(H,25,26). The summed E-state index contributed by atoms with van der Waals surface area (Å²) in [5, 5.41) is 14.3. The van der Waals surface area contributed by atoms with Gasteiger partial charge < -0.3 is 10.0 Å². The van der Waals surface area contributed by atoms with Crippen LogP contribution in [0, 0.1) is 12.8 Å². The van der Waals surface area contributed by atoms with Crippen molar-refractivity contribution < 1.29 is 14.7 Å². The van der Waals surface area contributed by atoms with E-state index in [4.69, 9.17) is 11.6 Å². The molecule has 2 fully saturated rings. The van der Waals surface area contributed by atoms with Crippen molar-refractivity contribution in [1.82, 2.24) is 14.7 Å². The maximum absolute atomic E-state index is 13.0. The second kappa shape index (κ2) is 6.43. The van der Waals surface area contributed by atoms with Gasteiger partial charge in [0, 0.05) is 24.0 Å². The number of aliphatic carboxylic acids is 1. The van der Waals surface area contributed by atoms with Gasteiger partial charge in [-0.15, -0.1) is 0 Å². The summed E-state index contributed by atoms with van der Waals surface area (Å²) >= 11 is 6.26. The summed E-state index contributed by atoms with van der Waals surface area (Å²) in [6, 6.07) is 5.75. The van der Waals surface area contributed by atoms with E-state index in [-0.39, 0.29) is 12.5 Å². The van der Waals surface area contributed by atoms with Crippen LogP contribution in [0.25, 0.3) is 5.69 Å². The topological polar surface area (TPSA) is 75.4 Å². The molecule has 26 heavy (non-hydrogen) atoms. The SMILES string of the molecule is Cc1ccc(-n2ncc(C(=O)N3CCC(C(=O)O)C3)c2C2CC2)cc1Cl. The molecule has 1 atom stereocenters. The summed E-state index contributed by atoms with van der Waals surface area (Å²) in [6.07, 6.45) is 4.17. The van der Waals surface area contributed by atoms with Crippen LogP contribution >= 0.6 is 11.6 Å². The fourth-order valence-electron chi connectivity index (χ4n) is 3.51. The van der Waals surface area contributed by atoms with Crippen molar-refractivity contribution in [2.45, 2.75) is 32.1 Å². The Labute approximate surface area is 156 Å². The van der Waals surface area contributed by atoms with Crippen LogP contribution in [-0.4, -0.2) is 44.8 Å². The van der Waals surface area contributed by atoms with Gasteiger partial charge >= 0.3 is 5.97 Å². The first-order valence-electron chi connectivity index (χ1n) is 8.82. The Balaban J connectivity index is 1.67. The van der Waals surface area contributed by atoms with Gasteiger partial charge in [-0.2, -0.15) is 5.10 Å². The number of carboxylic acids is 1. The molecule has 0 radical (unpaired) electrons. The summed E-state index contributed by atoms with van der Waals surface area (Å²) in [4.78, 5) is 25.8. The molecule has 1 aromatic carbocycles. The van der Waals surface area contributed by atoms with Crippen LogP contribution < -0.4 is 0 Å². The molecular formula is C19H20ClN3O3. The lowest BCUT2D eigenvalue weighted by Gasteiger charge is -2.16. The lowest BCUT2D eigenvalue weighted by atomic mass is 10.1. The predicted octanol–water partition coefficient (Wildman–Crippen LogP) is 3.26. The summed E-state index contributed by atoms with van der Waals surface area (Å²) in [5.41, 5.74) is 3.32. The first-order valence-corrected chi connectivity index (χ1v) is 9.20. The molecule has 1 aliphatic heterocycles. The number of likely N-dealkylation sites (tertiary alicyclic amines) is 1. The van der Waals surface area contributed by atoms with E-state index >= 15 is 0 Å². The van der Waals surface area contributed by atoms with Crippen LogP contribution in [0.2, 0.25) is 5.02 Å². The maximum Gasteiger partial charge on any atom is 0.308 e. The highest BCUT2D eigenvalue weighted by Gasteiger charge is 2.37. The van der Waals surface area contributed by atoms with Crippen LogP contribution in [0.3, 0.4) is 0 Å². The Kier molecular flexibility index (Phi) is 4.23. The van der Waals surface area contributed by atoms with Crippen molar-refractivity contribution in [3.05, 3.63) is 46.2 Å². The fourth-order valence-corrected chi connectivity index (χ4v) is 3.68. The molecule has 1 saturated heterocycles. The zero-order valence-corrected chi connectivity index (χ0v) is 15.2. The number of aromatic nitrogens is 2. The third kappa shape index (κ3) is 2.98. The zero-order valence-electron chi connectivity index (χ0n) is 14.5. The minimum absolute atomic E-state index is 0.125. The van der Waals surface area contributed by atoms with Crippen molar-refractivity contribution in [3.8, 4) is 5.69 Å². The number of carbonyl (C=O) groups is 2. The number of benzene rings is 1. The first-order chi connectivity index (χ1) is 12.5. The van der Waals surface area contributed by atoms with Crippen molar-refractivity contribution in [1.29, 1.82) is 0 Å². The first kappa shape index (κ1) is 17.1. The quantitative estimate of drug-likeness (QED) is 0.892. The lowest BCUT2D eigenvalue weighted by Crippen LogP contribution is -2.30. The molecule has 2 heterocycles. The highest BCUT2D eigenvalue weighted by atomic mass is 35.5. The second-order valence-electron chi connectivity index (χ2n) is 7.14. The Morgan fingerprint density at radius 2 is 2.04 bits per heavy atom. The minimum Gasteiger partial charge on any atom is -0.481 e.